The van der Waals surface area contributed by atoms with Crippen LogP contribution in [0.5, 0.6) is 0 Å². The molecule has 2 atom stereocenters. The van der Waals surface area contributed by atoms with Gasteiger partial charge in [0.1, 0.15) is 5.76 Å². The number of carbonyl (C=O) groups excluding carboxylic acids is 1. The van der Waals surface area contributed by atoms with Gasteiger partial charge in [0.05, 0.1) is 30.6 Å². The van der Waals surface area contributed by atoms with Crippen LogP contribution in [-0.4, -0.2) is 43.0 Å². The molecule has 0 spiro atoms. The molecule has 2 fully saturated rings. The number of aromatic nitrogens is 4. The molecule has 0 N–H and O–H groups in total. The SMILES string of the molecule is Cc1noc(C)c1CC(=O)N1C2CCC1CC(n1nccn1)C2. The molecule has 4 heterocycles. The third-order valence-electron chi connectivity index (χ3n) is 5.27. The van der Waals surface area contributed by atoms with Crippen molar-refractivity contribution in [2.75, 3.05) is 0 Å². The van der Waals surface area contributed by atoms with Crippen LogP contribution in [0.3, 0.4) is 0 Å². The van der Waals surface area contributed by atoms with E-state index >= 15 is 0 Å². The minimum atomic E-state index is 0.193. The number of amides is 1. The first-order valence-electron chi connectivity index (χ1n) is 8.22. The van der Waals surface area contributed by atoms with Crippen molar-refractivity contribution in [1.29, 1.82) is 0 Å². The Balaban J connectivity index is 1.49. The van der Waals surface area contributed by atoms with Crippen LogP contribution in [0.15, 0.2) is 16.9 Å². The van der Waals surface area contributed by atoms with E-state index in [1.165, 1.54) is 0 Å². The van der Waals surface area contributed by atoms with Crippen LogP contribution >= 0.6 is 0 Å². The molecule has 2 aromatic rings. The van der Waals surface area contributed by atoms with E-state index in [0.29, 0.717) is 24.5 Å². The maximum absolute atomic E-state index is 12.8. The second kappa shape index (κ2) is 5.47. The van der Waals surface area contributed by atoms with Gasteiger partial charge in [-0.3, -0.25) is 4.79 Å². The van der Waals surface area contributed by atoms with Gasteiger partial charge in [0, 0.05) is 17.6 Å². The van der Waals surface area contributed by atoms with E-state index in [1.807, 2.05) is 13.8 Å². The maximum atomic E-state index is 12.8. The summed E-state index contributed by atoms with van der Waals surface area (Å²) < 4.78 is 5.18. The van der Waals surface area contributed by atoms with Crippen molar-refractivity contribution >= 4 is 5.91 Å². The first-order chi connectivity index (χ1) is 11.1. The van der Waals surface area contributed by atoms with Crippen LogP contribution in [0.2, 0.25) is 0 Å². The van der Waals surface area contributed by atoms with Crippen molar-refractivity contribution in [3.8, 4) is 0 Å². The zero-order chi connectivity index (χ0) is 16.0. The number of hydrogen-bond donors (Lipinski definition) is 0. The Morgan fingerprint density at radius 2 is 1.83 bits per heavy atom. The van der Waals surface area contributed by atoms with E-state index in [9.17, 15) is 4.79 Å². The first kappa shape index (κ1) is 14.4. The van der Waals surface area contributed by atoms with Crippen molar-refractivity contribution in [3.05, 3.63) is 29.4 Å². The third kappa shape index (κ3) is 2.44. The number of aryl methyl sites for hydroxylation is 2. The lowest BCUT2D eigenvalue weighted by Gasteiger charge is -2.38. The van der Waals surface area contributed by atoms with E-state index in [1.54, 1.807) is 17.2 Å². The van der Waals surface area contributed by atoms with Crippen molar-refractivity contribution in [3.63, 3.8) is 0 Å². The molecule has 2 aliphatic heterocycles. The van der Waals surface area contributed by atoms with E-state index in [4.69, 9.17) is 4.52 Å². The highest BCUT2D eigenvalue weighted by Crippen LogP contribution is 2.40. The van der Waals surface area contributed by atoms with Crippen LogP contribution in [0.1, 0.15) is 48.7 Å². The van der Waals surface area contributed by atoms with Crippen LogP contribution in [0, 0.1) is 13.8 Å². The highest BCUT2D eigenvalue weighted by atomic mass is 16.5. The summed E-state index contributed by atoms with van der Waals surface area (Å²) in [6.45, 7) is 3.76. The fourth-order valence-electron chi connectivity index (χ4n) is 4.16. The van der Waals surface area contributed by atoms with E-state index in [2.05, 4.69) is 20.3 Å². The third-order valence-corrected chi connectivity index (χ3v) is 5.27. The average Bonchev–Trinajstić information content (AvgIpc) is 3.23. The minimum absolute atomic E-state index is 0.193. The number of fused-ring (bicyclic) bond motifs is 2. The zero-order valence-corrected chi connectivity index (χ0v) is 13.5. The monoisotopic (exact) mass is 315 g/mol. The predicted molar refractivity (Wildman–Crippen MR) is 81.6 cm³/mol. The Kier molecular flexibility index (Phi) is 3.43. The average molecular weight is 315 g/mol. The molecule has 7 heteroatoms. The molecule has 2 saturated heterocycles. The molecule has 2 aliphatic rings. The van der Waals surface area contributed by atoms with Crippen molar-refractivity contribution in [1.82, 2.24) is 25.1 Å². The van der Waals surface area contributed by atoms with Crippen LogP contribution in [-0.2, 0) is 11.2 Å². The number of hydrogen-bond acceptors (Lipinski definition) is 5. The standard InChI is InChI=1S/C16H21N5O2/c1-10-15(11(2)23-19-10)9-16(22)20-12-3-4-13(20)8-14(7-12)21-17-5-6-18-21/h5-6,12-14H,3-4,7-9H2,1-2H3. The molecule has 0 aromatic carbocycles. The Morgan fingerprint density at radius 3 is 2.39 bits per heavy atom. The molecule has 7 nitrogen and oxygen atoms in total. The Hall–Kier alpha value is -2.18. The van der Waals surface area contributed by atoms with E-state index < -0.39 is 0 Å². The van der Waals surface area contributed by atoms with E-state index in [-0.39, 0.29) is 5.91 Å². The van der Waals surface area contributed by atoms with Gasteiger partial charge < -0.3 is 9.42 Å². The lowest BCUT2D eigenvalue weighted by Crippen LogP contribution is -2.47. The highest BCUT2D eigenvalue weighted by molar-refractivity contribution is 5.80. The number of piperidine rings is 1. The molecule has 122 valence electrons. The Morgan fingerprint density at radius 1 is 1.17 bits per heavy atom. The summed E-state index contributed by atoms with van der Waals surface area (Å²) in [7, 11) is 0. The summed E-state index contributed by atoms with van der Waals surface area (Å²) in [5.74, 6) is 0.942. The fraction of sp³-hybridized carbons (Fsp3) is 0.625. The van der Waals surface area contributed by atoms with Gasteiger partial charge in [0.2, 0.25) is 5.91 Å². The molecule has 1 amide bonds. The second-order valence-electron chi connectivity index (χ2n) is 6.64. The smallest absolute Gasteiger partial charge is 0.227 e. The van der Waals surface area contributed by atoms with Crippen molar-refractivity contribution in [2.24, 2.45) is 0 Å². The Labute approximate surface area is 134 Å². The molecule has 0 saturated carbocycles. The normalized spacial score (nSPS) is 26.7. The van der Waals surface area contributed by atoms with Gasteiger partial charge in [0.15, 0.2) is 0 Å². The number of rotatable bonds is 3. The molecule has 23 heavy (non-hydrogen) atoms. The van der Waals surface area contributed by atoms with Gasteiger partial charge in [-0.25, -0.2) is 0 Å². The van der Waals surface area contributed by atoms with Gasteiger partial charge >= 0.3 is 0 Å². The topological polar surface area (TPSA) is 77.0 Å². The molecule has 2 bridgehead atoms. The predicted octanol–water partition coefficient (Wildman–Crippen LogP) is 1.82. The lowest BCUT2D eigenvalue weighted by atomic mass is 9.96. The lowest BCUT2D eigenvalue weighted by molar-refractivity contribution is -0.135. The number of carbonyl (C=O) groups is 1. The van der Waals surface area contributed by atoms with Crippen molar-refractivity contribution < 1.29 is 9.32 Å². The summed E-state index contributed by atoms with van der Waals surface area (Å²) >= 11 is 0. The summed E-state index contributed by atoms with van der Waals surface area (Å²) in [6, 6.07) is 0.918. The van der Waals surface area contributed by atoms with Gasteiger partial charge in [-0.1, -0.05) is 5.16 Å². The molecule has 2 unspecified atom stereocenters. The van der Waals surface area contributed by atoms with Crippen LogP contribution < -0.4 is 0 Å². The summed E-state index contributed by atoms with van der Waals surface area (Å²) in [4.78, 5) is 16.8. The second-order valence-corrected chi connectivity index (χ2v) is 6.64. The molecule has 0 radical (unpaired) electrons. The number of nitrogens with zero attached hydrogens (tertiary/aromatic N) is 5. The molecule has 0 aliphatic carbocycles. The highest BCUT2D eigenvalue weighted by Gasteiger charge is 2.44. The van der Waals surface area contributed by atoms with Crippen LogP contribution in [0.25, 0.3) is 0 Å². The van der Waals surface area contributed by atoms with Gasteiger partial charge in [0.25, 0.3) is 0 Å². The minimum Gasteiger partial charge on any atom is -0.361 e. The summed E-state index contributed by atoms with van der Waals surface area (Å²) in [5.41, 5.74) is 1.75. The molecular weight excluding hydrogens is 294 g/mol. The summed E-state index contributed by atoms with van der Waals surface area (Å²) in [5, 5.41) is 12.5. The van der Waals surface area contributed by atoms with Crippen LogP contribution in [0.4, 0.5) is 0 Å². The fourth-order valence-corrected chi connectivity index (χ4v) is 4.16. The maximum Gasteiger partial charge on any atom is 0.227 e. The van der Waals surface area contributed by atoms with E-state index in [0.717, 1.165) is 42.7 Å². The quantitative estimate of drug-likeness (QED) is 0.863. The van der Waals surface area contributed by atoms with Crippen molar-refractivity contribution in [2.45, 2.75) is 64.1 Å². The molecular formula is C16H21N5O2. The molecule has 4 rings (SSSR count). The summed E-state index contributed by atoms with van der Waals surface area (Å²) in [6.07, 6.45) is 7.87. The zero-order valence-electron chi connectivity index (χ0n) is 13.5. The Bertz CT molecular complexity index is 675. The van der Waals surface area contributed by atoms with Gasteiger partial charge in [-0.2, -0.15) is 15.0 Å². The van der Waals surface area contributed by atoms with Gasteiger partial charge in [-0.05, 0) is 39.5 Å². The largest absolute Gasteiger partial charge is 0.361 e. The van der Waals surface area contributed by atoms with Gasteiger partial charge in [-0.15, -0.1) is 0 Å². The molecule has 2 aromatic heterocycles. The first-order valence-corrected chi connectivity index (χ1v) is 8.22.